The Labute approximate surface area is 89.9 Å². The van der Waals surface area contributed by atoms with E-state index >= 15 is 0 Å². The lowest BCUT2D eigenvalue weighted by Crippen LogP contribution is -2.21. The maximum absolute atomic E-state index is 11.8. The summed E-state index contributed by atoms with van der Waals surface area (Å²) in [6, 6.07) is 5.11. The normalized spacial score (nSPS) is 12.7. The first-order chi connectivity index (χ1) is 7.22. The van der Waals surface area contributed by atoms with E-state index in [9.17, 15) is 21.6 Å². The molecule has 16 heavy (non-hydrogen) atoms. The van der Waals surface area contributed by atoms with Gasteiger partial charge >= 0.3 is 6.18 Å². The SMILES string of the molecule is Nc1ccccc1S(=O)(=O)OCC(F)(F)F. The number of alkyl halides is 3. The minimum Gasteiger partial charge on any atom is -0.398 e. The van der Waals surface area contributed by atoms with Gasteiger partial charge in [0.15, 0.2) is 6.61 Å². The largest absolute Gasteiger partial charge is 0.413 e. The van der Waals surface area contributed by atoms with Crippen molar-refractivity contribution in [2.75, 3.05) is 12.3 Å². The van der Waals surface area contributed by atoms with E-state index in [-0.39, 0.29) is 5.69 Å². The molecule has 90 valence electrons. The van der Waals surface area contributed by atoms with Gasteiger partial charge in [0.25, 0.3) is 10.1 Å². The highest BCUT2D eigenvalue weighted by Crippen LogP contribution is 2.22. The Kier molecular flexibility index (Phi) is 3.44. The predicted octanol–water partition coefficient (Wildman–Crippen LogP) is 1.54. The average molecular weight is 255 g/mol. The van der Waals surface area contributed by atoms with Crippen molar-refractivity contribution >= 4 is 15.8 Å². The molecule has 0 aliphatic heterocycles. The summed E-state index contributed by atoms with van der Waals surface area (Å²) in [7, 11) is -4.47. The van der Waals surface area contributed by atoms with Crippen LogP contribution in [-0.4, -0.2) is 21.2 Å². The summed E-state index contributed by atoms with van der Waals surface area (Å²) in [4.78, 5) is -0.473. The molecule has 0 aliphatic carbocycles. The molecule has 0 amide bonds. The lowest BCUT2D eigenvalue weighted by atomic mass is 10.3. The summed E-state index contributed by atoms with van der Waals surface area (Å²) in [6.45, 7) is -1.87. The van der Waals surface area contributed by atoms with Gasteiger partial charge < -0.3 is 5.73 Å². The van der Waals surface area contributed by atoms with Gasteiger partial charge in [-0.3, -0.25) is 4.18 Å². The van der Waals surface area contributed by atoms with E-state index in [1.165, 1.54) is 18.2 Å². The summed E-state index contributed by atoms with van der Waals surface area (Å²) in [5.41, 5.74) is 5.14. The summed E-state index contributed by atoms with van der Waals surface area (Å²) in [6.07, 6.45) is -4.71. The van der Waals surface area contributed by atoms with Gasteiger partial charge in [0, 0.05) is 0 Å². The van der Waals surface area contributed by atoms with Gasteiger partial charge in [-0.15, -0.1) is 0 Å². The van der Waals surface area contributed by atoms with Crippen LogP contribution in [0.5, 0.6) is 0 Å². The molecule has 1 aromatic rings. The lowest BCUT2D eigenvalue weighted by molar-refractivity contribution is -0.152. The molecule has 4 nitrogen and oxygen atoms in total. The first-order valence-corrected chi connectivity index (χ1v) is 5.44. The third-order valence-corrected chi connectivity index (χ3v) is 2.90. The van der Waals surface area contributed by atoms with Crippen molar-refractivity contribution in [2.24, 2.45) is 0 Å². The minimum atomic E-state index is -4.71. The Morgan fingerprint density at radius 3 is 2.31 bits per heavy atom. The molecular formula is C8H8F3NO3S. The van der Waals surface area contributed by atoms with Crippen LogP contribution in [0.3, 0.4) is 0 Å². The zero-order chi connectivity index (χ0) is 12.4. The van der Waals surface area contributed by atoms with E-state index in [2.05, 4.69) is 4.18 Å². The van der Waals surface area contributed by atoms with E-state index < -0.39 is 27.8 Å². The average Bonchev–Trinajstić information content (AvgIpc) is 2.14. The summed E-state index contributed by atoms with van der Waals surface area (Å²) >= 11 is 0. The lowest BCUT2D eigenvalue weighted by Gasteiger charge is -2.09. The number of anilines is 1. The van der Waals surface area contributed by atoms with E-state index in [0.717, 1.165) is 6.07 Å². The van der Waals surface area contributed by atoms with Crippen molar-refractivity contribution in [3.63, 3.8) is 0 Å². The second-order valence-electron chi connectivity index (χ2n) is 2.87. The molecule has 2 N–H and O–H groups in total. The predicted molar refractivity (Wildman–Crippen MR) is 50.0 cm³/mol. The van der Waals surface area contributed by atoms with Gasteiger partial charge in [0.05, 0.1) is 5.69 Å². The van der Waals surface area contributed by atoms with Crippen molar-refractivity contribution in [1.29, 1.82) is 0 Å². The molecule has 1 aromatic carbocycles. The zero-order valence-corrected chi connectivity index (χ0v) is 8.68. The third kappa shape index (κ3) is 3.38. The van der Waals surface area contributed by atoms with Crippen LogP contribution in [-0.2, 0) is 14.3 Å². The molecule has 0 spiro atoms. The molecule has 1 rings (SSSR count). The van der Waals surface area contributed by atoms with Crippen LogP contribution >= 0.6 is 0 Å². The fourth-order valence-electron chi connectivity index (χ4n) is 0.916. The van der Waals surface area contributed by atoms with Crippen LogP contribution in [0.1, 0.15) is 0 Å². The molecule has 0 aliphatic rings. The minimum absolute atomic E-state index is 0.162. The molecule has 8 heteroatoms. The highest BCUT2D eigenvalue weighted by Gasteiger charge is 2.32. The van der Waals surface area contributed by atoms with Crippen molar-refractivity contribution in [1.82, 2.24) is 0 Å². The van der Waals surface area contributed by atoms with Gasteiger partial charge in [0.1, 0.15) is 4.90 Å². The van der Waals surface area contributed by atoms with Crippen LogP contribution in [0.15, 0.2) is 29.2 Å². The quantitative estimate of drug-likeness (QED) is 0.657. The van der Waals surface area contributed by atoms with Gasteiger partial charge in [0.2, 0.25) is 0 Å². The molecular weight excluding hydrogens is 247 g/mol. The maximum Gasteiger partial charge on any atom is 0.413 e. The van der Waals surface area contributed by atoms with Crippen LogP contribution in [0.4, 0.5) is 18.9 Å². The monoisotopic (exact) mass is 255 g/mol. The first-order valence-electron chi connectivity index (χ1n) is 4.03. The molecule has 0 unspecified atom stereocenters. The van der Waals surface area contributed by atoms with Gasteiger partial charge in [-0.25, -0.2) is 0 Å². The Morgan fingerprint density at radius 2 is 1.81 bits per heavy atom. The fraction of sp³-hybridized carbons (Fsp3) is 0.250. The fourth-order valence-corrected chi connectivity index (χ4v) is 1.93. The van der Waals surface area contributed by atoms with Crippen molar-refractivity contribution < 1.29 is 25.8 Å². The maximum atomic E-state index is 11.8. The standard InChI is InChI=1S/C8H8F3NO3S/c9-8(10,11)5-15-16(13,14)7-4-2-1-3-6(7)12/h1-4H,5,12H2. The van der Waals surface area contributed by atoms with Gasteiger partial charge in [-0.2, -0.15) is 21.6 Å². The number of nitrogens with two attached hydrogens (primary N) is 1. The second-order valence-corrected chi connectivity index (χ2v) is 4.45. The number of rotatable bonds is 3. The Balaban J connectivity index is 2.92. The molecule has 0 aromatic heterocycles. The third-order valence-electron chi connectivity index (χ3n) is 1.57. The van der Waals surface area contributed by atoms with Gasteiger partial charge in [-0.1, -0.05) is 12.1 Å². The number of nitrogen functional groups attached to an aromatic ring is 1. The topological polar surface area (TPSA) is 69.4 Å². The highest BCUT2D eigenvalue weighted by atomic mass is 32.2. The molecule has 0 fully saturated rings. The summed E-state index contributed by atoms with van der Waals surface area (Å²) in [5, 5.41) is 0. The van der Waals surface area contributed by atoms with Crippen molar-refractivity contribution in [2.45, 2.75) is 11.1 Å². The van der Waals surface area contributed by atoms with Gasteiger partial charge in [-0.05, 0) is 12.1 Å². The smallest absolute Gasteiger partial charge is 0.398 e. The van der Waals surface area contributed by atoms with Crippen LogP contribution < -0.4 is 5.73 Å². The molecule has 0 radical (unpaired) electrons. The van der Waals surface area contributed by atoms with E-state index in [0.29, 0.717) is 0 Å². The van der Waals surface area contributed by atoms with E-state index in [1.807, 2.05) is 0 Å². The number of para-hydroxylation sites is 1. The number of halogens is 3. The molecule has 0 atom stereocenters. The van der Waals surface area contributed by atoms with Crippen molar-refractivity contribution in [3.8, 4) is 0 Å². The molecule has 0 bridgehead atoms. The zero-order valence-electron chi connectivity index (χ0n) is 7.86. The Morgan fingerprint density at radius 1 is 1.25 bits per heavy atom. The molecule has 0 heterocycles. The molecule has 0 saturated heterocycles. The highest BCUT2D eigenvalue weighted by molar-refractivity contribution is 7.87. The molecule has 0 saturated carbocycles. The van der Waals surface area contributed by atoms with Crippen LogP contribution in [0.2, 0.25) is 0 Å². The second kappa shape index (κ2) is 4.30. The number of benzene rings is 1. The van der Waals surface area contributed by atoms with E-state index in [4.69, 9.17) is 5.73 Å². The first kappa shape index (κ1) is 12.8. The summed E-state index contributed by atoms with van der Waals surface area (Å²) in [5.74, 6) is 0. The van der Waals surface area contributed by atoms with Crippen molar-refractivity contribution in [3.05, 3.63) is 24.3 Å². The number of hydrogen-bond donors (Lipinski definition) is 1. The Hall–Kier alpha value is -1.28. The van der Waals surface area contributed by atoms with E-state index in [1.54, 1.807) is 0 Å². The summed E-state index contributed by atoms with van der Waals surface area (Å²) < 4.78 is 61.8. The Bertz CT molecular complexity index is 470. The van der Waals surface area contributed by atoms with Crippen LogP contribution in [0, 0.1) is 0 Å². The number of hydrogen-bond acceptors (Lipinski definition) is 4. The van der Waals surface area contributed by atoms with Crippen LogP contribution in [0.25, 0.3) is 0 Å².